The second kappa shape index (κ2) is 8.14. The largest absolute Gasteiger partial charge is 0.326 e. The summed E-state index contributed by atoms with van der Waals surface area (Å²) in [7, 11) is 0. The van der Waals surface area contributed by atoms with Crippen LogP contribution in [0.15, 0.2) is 29.2 Å². The molecule has 0 saturated heterocycles. The van der Waals surface area contributed by atoms with Crippen LogP contribution in [0.5, 0.6) is 0 Å². The zero-order valence-corrected chi connectivity index (χ0v) is 11.3. The van der Waals surface area contributed by atoms with E-state index < -0.39 is 0 Å². The van der Waals surface area contributed by atoms with Crippen molar-refractivity contribution in [1.29, 1.82) is 0 Å². The molecule has 0 fully saturated rings. The van der Waals surface area contributed by atoms with Crippen LogP contribution in [0.25, 0.3) is 0 Å². The third-order valence-corrected chi connectivity index (χ3v) is 3.16. The second-order valence-electron chi connectivity index (χ2n) is 3.80. The molecule has 0 heterocycles. The van der Waals surface area contributed by atoms with E-state index in [1.165, 1.54) is 18.2 Å². The van der Waals surface area contributed by atoms with Crippen LogP contribution in [0.2, 0.25) is 0 Å². The molecule has 0 aromatic heterocycles. The minimum absolute atomic E-state index is 0.0332. The molecule has 0 radical (unpaired) electrons. The molecule has 0 bridgehead atoms. The SMILES string of the molecule is CCCNCCSc1ccc(NC(C)=O)cc1. The zero-order valence-electron chi connectivity index (χ0n) is 10.5. The molecule has 3 nitrogen and oxygen atoms in total. The van der Waals surface area contributed by atoms with Crippen molar-refractivity contribution in [3.8, 4) is 0 Å². The predicted molar refractivity (Wildman–Crippen MR) is 74.6 cm³/mol. The van der Waals surface area contributed by atoms with Gasteiger partial charge in [-0.2, -0.15) is 0 Å². The first-order valence-electron chi connectivity index (χ1n) is 5.93. The van der Waals surface area contributed by atoms with Crippen LogP contribution in [-0.2, 0) is 4.79 Å². The van der Waals surface area contributed by atoms with Gasteiger partial charge in [-0.15, -0.1) is 11.8 Å². The van der Waals surface area contributed by atoms with Crippen LogP contribution in [0.4, 0.5) is 5.69 Å². The Labute approximate surface area is 107 Å². The normalized spacial score (nSPS) is 10.2. The van der Waals surface area contributed by atoms with Gasteiger partial charge in [-0.05, 0) is 37.2 Å². The quantitative estimate of drug-likeness (QED) is 0.579. The first-order valence-corrected chi connectivity index (χ1v) is 6.92. The molecule has 0 aliphatic heterocycles. The molecular formula is C13H20N2OS. The van der Waals surface area contributed by atoms with E-state index in [2.05, 4.69) is 17.6 Å². The average Bonchev–Trinajstić information content (AvgIpc) is 2.30. The number of thioether (sulfide) groups is 1. The van der Waals surface area contributed by atoms with Crippen LogP contribution in [0, 0.1) is 0 Å². The standard InChI is InChI=1S/C13H20N2OS/c1-3-8-14-9-10-17-13-6-4-12(5-7-13)15-11(2)16/h4-7,14H,3,8-10H2,1-2H3,(H,15,16). The van der Waals surface area contributed by atoms with Crippen LogP contribution in [0.3, 0.4) is 0 Å². The molecule has 0 aliphatic rings. The highest BCUT2D eigenvalue weighted by molar-refractivity contribution is 7.99. The predicted octanol–water partition coefficient (Wildman–Crippen LogP) is 2.74. The summed E-state index contributed by atoms with van der Waals surface area (Å²) in [6.07, 6.45) is 1.18. The maximum absolute atomic E-state index is 10.8. The van der Waals surface area contributed by atoms with E-state index in [-0.39, 0.29) is 5.91 Å². The van der Waals surface area contributed by atoms with Crippen LogP contribution in [0.1, 0.15) is 20.3 Å². The van der Waals surface area contributed by atoms with Crippen LogP contribution < -0.4 is 10.6 Å². The number of anilines is 1. The Hall–Kier alpha value is -1.00. The summed E-state index contributed by atoms with van der Waals surface area (Å²) >= 11 is 1.82. The summed E-state index contributed by atoms with van der Waals surface area (Å²) in [5, 5.41) is 6.12. The van der Waals surface area contributed by atoms with Crippen molar-refractivity contribution >= 4 is 23.4 Å². The van der Waals surface area contributed by atoms with Gasteiger partial charge in [0.05, 0.1) is 0 Å². The second-order valence-corrected chi connectivity index (χ2v) is 4.97. The molecule has 0 aliphatic carbocycles. The monoisotopic (exact) mass is 252 g/mol. The number of nitrogens with one attached hydrogen (secondary N) is 2. The van der Waals surface area contributed by atoms with E-state index in [0.29, 0.717) is 0 Å². The van der Waals surface area contributed by atoms with Crippen LogP contribution >= 0.6 is 11.8 Å². The summed E-state index contributed by atoms with van der Waals surface area (Å²) in [5.74, 6) is 1.04. The topological polar surface area (TPSA) is 41.1 Å². The molecule has 0 saturated carbocycles. The third-order valence-electron chi connectivity index (χ3n) is 2.15. The van der Waals surface area contributed by atoms with E-state index in [1.54, 1.807) is 0 Å². The van der Waals surface area contributed by atoms with E-state index in [4.69, 9.17) is 0 Å². The first-order chi connectivity index (χ1) is 8.22. The van der Waals surface area contributed by atoms with Gasteiger partial charge in [-0.3, -0.25) is 4.79 Å². The van der Waals surface area contributed by atoms with Crippen molar-refractivity contribution in [2.45, 2.75) is 25.2 Å². The Bertz CT molecular complexity index is 338. The minimum atomic E-state index is -0.0332. The van der Waals surface area contributed by atoms with Gasteiger partial charge in [0.1, 0.15) is 0 Å². The lowest BCUT2D eigenvalue weighted by atomic mass is 10.3. The van der Waals surface area contributed by atoms with Crippen molar-refractivity contribution < 1.29 is 4.79 Å². The molecule has 1 aromatic carbocycles. The number of hydrogen-bond acceptors (Lipinski definition) is 3. The Kier molecular flexibility index (Phi) is 6.74. The lowest BCUT2D eigenvalue weighted by molar-refractivity contribution is -0.114. The van der Waals surface area contributed by atoms with E-state index >= 15 is 0 Å². The van der Waals surface area contributed by atoms with Gasteiger partial charge in [-0.1, -0.05) is 6.92 Å². The molecule has 1 rings (SSSR count). The minimum Gasteiger partial charge on any atom is -0.326 e. The fourth-order valence-electron chi connectivity index (χ4n) is 1.38. The Balaban J connectivity index is 2.28. The summed E-state index contributed by atoms with van der Waals surface area (Å²) in [4.78, 5) is 12.1. The van der Waals surface area contributed by atoms with Gasteiger partial charge in [0.25, 0.3) is 0 Å². The highest BCUT2D eigenvalue weighted by atomic mass is 32.2. The van der Waals surface area contributed by atoms with Gasteiger partial charge in [0.2, 0.25) is 5.91 Å². The molecule has 0 spiro atoms. The Morgan fingerprint density at radius 2 is 1.94 bits per heavy atom. The van der Waals surface area contributed by atoms with Crippen molar-refractivity contribution in [3.63, 3.8) is 0 Å². The van der Waals surface area contributed by atoms with E-state index in [0.717, 1.165) is 24.5 Å². The smallest absolute Gasteiger partial charge is 0.221 e. The molecule has 1 amide bonds. The number of rotatable bonds is 7. The molecule has 0 unspecified atom stereocenters. The molecule has 2 N–H and O–H groups in total. The highest BCUT2D eigenvalue weighted by Gasteiger charge is 1.97. The number of benzene rings is 1. The van der Waals surface area contributed by atoms with Gasteiger partial charge in [0, 0.05) is 29.8 Å². The molecule has 1 aromatic rings. The molecular weight excluding hydrogens is 232 g/mol. The fraction of sp³-hybridized carbons (Fsp3) is 0.462. The van der Waals surface area contributed by atoms with Gasteiger partial charge < -0.3 is 10.6 Å². The number of carbonyl (C=O) groups excluding carboxylic acids is 1. The Morgan fingerprint density at radius 3 is 2.53 bits per heavy atom. The van der Waals surface area contributed by atoms with Crippen LogP contribution in [-0.4, -0.2) is 24.7 Å². The van der Waals surface area contributed by atoms with Crippen molar-refractivity contribution in [1.82, 2.24) is 5.32 Å². The average molecular weight is 252 g/mol. The summed E-state index contributed by atoms with van der Waals surface area (Å²) < 4.78 is 0. The molecule has 17 heavy (non-hydrogen) atoms. The maximum Gasteiger partial charge on any atom is 0.221 e. The lowest BCUT2D eigenvalue weighted by Crippen LogP contribution is -2.17. The molecule has 94 valence electrons. The summed E-state index contributed by atoms with van der Waals surface area (Å²) in [5.41, 5.74) is 0.853. The van der Waals surface area contributed by atoms with Crippen molar-refractivity contribution in [3.05, 3.63) is 24.3 Å². The van der Waals surface area contributed by atoms with Gasteiger partial charge in [0.15, 0.2) is 0 Å². The molecule has 0 atom stereocenters. The van der Waals surface area contributed by atoms with E-state index in [9.17, 15) is 4.79 Å². The highest BCUT2D eigenvalue weighted by Crippen LogP contribution is 2.19. The Morgan fingerprint density at radius 1 is 1.24 bits per heavy atom. The van der Waals surface area contributed by atoms with Crippen molar-refractivity contribution in [2.75, 3.05) is 24.2 Å². The summed E-state index contributed by atoms with van der Waals surface area (Å²) in [6.45, 7) is 5.80. The summed E-state index contributed by atoms with van der Waals surface area (Å²) in [6, 6.07) is 7.94. The van der Waals surface area contributed by atoms with Gasteiger partial charge in [-0.25, -0.2) is 0 Å². The van der Waals surface area contributed by atoms with Gasteiger partial charge >= 0.3 is 0 Å². The number of carbonyl (C=O) groups is 1. The van der Waals surface area contributed by atoms with Crippen molar-refractivity contribution in [2.24, 2.45) is 0 Å². The third kappa shape index (κ3) is 6.34. The fourth-order valence-corrected chi connectivity index (χ4v) is 2.19. The number of hydrogen-bond donors (Lipinski definition) is 2. The maximum atomic E-state index is 10.8. The first kappa shape index (κ1) is 14.1. The number of amides is 1. The molecule has 4 heteroatoms. The van der Waals surface area contributed by atoms with E-state index in [1.807, 2.05) is 36.0 Å². The zero-order chi connectivity index (χ0) is 12.5. The lowest BCUT2D eigenvalue weighted by Gasteiger charge is -2.05.